The molecule has 3 rings (SSSR count). The number of carbonyl (C=O) groups excluding carboxylic acids is 2. The molecule has 3 aromatic carbocycles. The SMILES string of the molecule is CNC(=O)[C@H](Cc1ccccc1)N(Cc1cccc(Br)c1)C(=O)CCCN(c1cccc(C(F)(F)F)c1)S(C)(=O)=O. The van der Waals surface area contributed by atoms with E-state index in [0.29, 0.717) is 0 Å². The maximum atomic E-state index is 13.7. The lowest BCUT2D eigenvalue weighted by Gasteiger charge is -2.31. The topological polar surface area (TPSA) is 86.8 Å². The van der Waals surface area contributed by atoms with Gasteiger partial charge in [0.2, 0.25) is 21.8 Å². The first-order chi connectivity index (χ1) is 19.3. The molecular weight excluding hydrogens is 623 g/mol. The second-order valence-corrected chi connectivity index (χ2v) is 12.3. The fraction of sp³-hybridized carbons (Fsp3) is 0.310. The van der Waals surface area contributed by atoms with Gasteiger partial charge in [0.05, 0.1) is 17.5 Å². The van der Waals surface area contributed by atoms with E-state index in [1.165, 1.54) is 18.0 Å². The van der Waals surface area contributed by atoms with Crippen molar-refractivity contribution in [3.05, 3.63) is 100 Å². The highest BCUT2D eigenvalue weighted by Gasteiger charge is 2.32. The number of nitrogens with one attached hydrogen (secondary N) is 1. The molecule has 41 heavy (non-hydrogen) atoms. The third-order valence-electron chi connectivity index (χ3n) is 6.37. The van der Waals surface area contributed by atoms with Crippen LogP contribution >= 0.6 is 15.9 Å². The van der Waals surface area contributed by atoms with E-state index in [-0.39, 0.29) is 43.9 Å². The second-order valence-electron chi connectivity index (χ2n) is 9.46. The molecule has 0 aliphatic rings. The Hall–Kier alpha value is -3.38. The molecule has 0 radical (unpaired) electrons. The Morgan fingerprint density at radius 1 is 0.951 bits per heavy atom. The lowest BCUT2D eigenvalue weighted by molar-refractivity contribution is -0.141. The molecule has 0 aliphatic heterocycles. The smallest absolute Gasteiger partial charge is 0.357 e. The first-order valence-electron chi connectivity index (χ1n) is 12.7. The zero-order chi connectivity index (χ0) is 30.2. The van der Waals surface area contributed by atoms with Gasteiger partial charge in [0.1, 0.15) is 6.04 Å². The summed E-state index contributed by atoms with van der Waals surface area (Å²) >= 11 is 3.42. The molecule has 7 nitrogen and oxygen atoms in total. The van der Waals surface area contributed by atoms with Gasteiger partial charge >= 0.3 is 6.18 Å². The molecule has 0 aliphatic carbocycles. The number of carbonyl (C=O) groups is 2. The predicted molar refractivity (Wildman–Crippen MR) is 156 cm³/mol. The Labute approximate surface area is 246 Å². The lowest BCUT2D eigenvalue weighted by Crippen LogP contribution is -2.49. The Bertz CT molecular complexity index is 1450. The van der Waals surface area contributed by atoms with Crippen molar-refractivity contribution in [1.82, 2.24) is 10.2 Å². The molecule has 0 fully saturated rings. The van der Waals surface area contributed by atoms with E-state index in [0.717, 1.165) is 44.4 Å². The molecule has 1 N–H and O–H groups in total. The first kappa shape index (κ1) is 32.1. The Morgan fingerprint density at radius 3 is 2.22 bits per heavy atom. The van der Waals surface area contributed by atoms with E-state index in [1.807, 2.05) is 54.6 Å². The normalized spacial score (nSPS) is 12.4. The van der Waals surface area contributed by atoms with Gasteiger partial charge in [-0.2, -0.15) is 13.2 Å². The van der Waals surface area contributed by atoms with Crippen molar-refractivity contribution in [2.75, 3.05) is 24.2 Å². The molecule has 0 unspecified atom stereocenters. The maximum absolute atomic E-state index is 13.7. The van der Waals surface area contributed by atoms with Gasteiger partial charge in [0.25, 0.3) is 0 Å². The monoisotopic (exact) mass is 653 g/mol. The summed E-state index contributed by atoms with van der Waals surface area (Å²) < 4.78 is 66.4. The number of anilines is 1. The number of benzene rings is 3. The van der Waals surface area contributed by atoms with Crippen LogP contribution in [0.15, 0.2) is 83.3 Å². The summed E-state index contributed by atoms with van der Waals surface area (Å²) in [4.78, 5) is 28.2. The molecule has 220 valence electrons. The highest BCUT2D eigenvalue weighted by atomic mass is 79.9. The average molecular weight is 655 g/mol. The van der Waals surface area contributed by atoms with Crippen molar-refractivity contribution < 1.29 is 31.2 Å². The number of halogens is 4. The summed E-state index contributed by atoms with van der Waals surface area (Å²) in [5.41, 5.74) is 0.500. The van der Waals surface area contributed by atoms with Crippen molar-refractivity contribution in [2.45, 2.75) is 38.0 Å². The predicted octanol–water partition coefficient (Wildman–Crippen LogP) is 5.40. The number of hydrogen-bond donors (Lipinski definition) is 1. The maximum Gasteiger partial charge on any atom is 0.416 e. The van der Waals surface area contributed by atoms with Crippen LogP contribution in [0.25, 0.3) is 0 Å². The number of nitrogens with zero attached hydrogens (tertiary/aromatic N) is 2. The van der Waals surface area contributed by atoms with Crippen LogP contribution < -0.4 is 9.62 Å². The lowest BCUT2D eigenvalue weighted by atomic mass is 10.0. The standard InChI is InChI=1S/C29H31BrF3N3O4S/c1-34-28(38)26(18-21-9-4-3-5-10-21)35(20-22-11-6-13-24(30)17-22)27(37)15-8-16-36(41(2,39)40)25-14-7-12-23(19-25)29(31,32)33/h3-7,9-14,17,19,26H,8,15-16,18,20H2,1-2H3,(H,34,38)/t26-/m0/s1. The van der Waals surface area contributed by atoms with E-state index < -0.39 is 33.7 Å². The van der Waals surface area contributed by atoms with E-state index in [2.05, 4.69) is 21.2 Å². The molecule has 0 aromatic heterocycles. The fourth-order valence-corrected chi connectivity index (χ4v) is 5.80. The van der Waals surface area contributed by atoms with Crippen molar-refractivity contribution in [1.29, 1.82) is 0 Å². The van der Waals surface area contributed by atoms with Crippen molar-refractivity contribution in [3.63, 3.8) is 0 Å². The summed E-state index contributed by atoms with van der Waals surface area (Å²) in [5.74, 6) is -0.758. The summed E-state index contributed by atoms with van der Waals surface area (Å²) in [6, 6.07) is 19.7. The largest absolute Gasteiger partial charge is 0.416 e. The summed E-state index contributed by atoms with van der Waals surface area (Å²) in [5, 5.41) is 2.63. The quantitative estimate of drug-likeness (QED) is 0.284. The third-order valence-corrected chi connectivity index (χ3v) is 8.06. The molecule has 2 amide bonds. The van der Waals surface area contributed by atoms with Crippen LogP contribution in [-0.4, -0.2) is 51.0 Å². The van der Waals surface area contributed by atoms with Crippen LogP contribution in [0.1, 0.15) is 29.5 Å². The van der Waals surface area contributed by atoms with Crippen LogP contribution in [0.3, 0.4) is 0 Å². The highest BCUT2D eigenvalue weighted by Crippen LogP contribution is 2.32. The number of amides is 2. The number of rotatable bonds is 12. The highest BCUT2D eigenvalue weighted by molar-refractivity contribution is 9.10. The number of likely N-dealkylation sites (N-methyl/N-ethyl adjacent to an activating group) is 1. The molecule has 3 aromatic rings. The van der Waals surface area contributed by atoms with Crippen LogP contribution in [0.2, 0.25) is 0 Å². The summed E-state index contributed by atoms with van der Waals surface area (Å²) in [7, 11) is -2.47. The zero-order valence-electron chi connectivity index (χ0n) is 22.6. The number of sulfonamides is 1. The summed E-state index contributed by atoms with van der Waals surface area (Å²) in [6.07, 6.45) is -3.62. The van der Waals surface area contributed by atoms with E-state index in [1.54, 1.807) is 0 Å². The van der Waals surface area contributed by atoms with Crippen LogP contribution in [0.5, 0.6) is 0 Å². The van der Waals surface area contributed by atoms with Crippen molar-refractivity contribution in [2.24, 2.45) is 0 Å². The van der Waals surface area contributed by atoms with Gasteiger partial charge in [-0.05, 0) is 47.9 Å². The minimum Gasteiger partial charge on any atom is -0.357 e. The molecule has 0 saturated carbocycles. The van der Waals surface area contributed by atoms with E-state index >= 15 is 0 Å². The van der Waals surface area contributed by atoms with Gasteiger partial charge in [-0.15, -0.1) is 0 Å². The van der Waals surface area contributed by atoms with Crippen molar-refractivity contribution in [3.8, 4) is 0 Å². The van der Waals surface area contributed by atoms with Gasteiger partial charge in [-0.25, -0.2) is 8.42 Å². The zero-order valence-corrected chi connectivity index (χ0v) is 25.0. The molecule has 0 bridgehead atoms. The van der Waals surface area contributed by atoms with Crippen molar-refractivity contribution >= 4 is 43.5 Å². The second kappa shape index (κ2) is 14.0. The number of hydrogen-bond acceptors (Lipinski definition) is 4. The third kappa shape index (κ3) is 9.32. The Kier molecular flexibility index (Phi) is 11.0. The molecule has 12 heteroatoms. The fourth-order valence-electron chi connectivity index (χ4n) is 4.39. The molecular formula is C29H31BrF3N3O4S. The van der Waals surface area contributed by atoms with Gasteiger partial charge in [0.15, 0.2) is 0 Å². The Balaban J connectivity index is 1.86. The average Bonchev–Trinajstić information content (AvgIpc) is 2.92. The van der Waals surface area contributed by atoms with Gasteiger partial charge in [0, 0.05) is 37.5 Å². The molecule has 1 atom stereocenters. The van der Waals surface area contributed by atoms with Crippen LogP contribution in [-0.2, 0) is 38.8 Å². The number of alkyl halides is 3. The van der Waals surface area contributed by atoms with E-state index in [9.17, 15) is 31.2 Å². The van der Waals surface area contributed by atoms with Crippen LogP contribution in [0, 0.1) is 0 Å². The van der Waals surface area contributed by atoms with Gasteiger partial charge in [-0.3, -0.25) is 13.9 Å². The van der Waals surface area contributed by atoms with E-state index in [4.69, 9.17) is 0 Å². The molecule has 0 spiro atoms. The molecule has 0 heterocycles. The minimum atomic E-state index is -4.64. The summed E-state index contributed by atoms with van der Waals surface area (Å²) in [6.45, 7) is -0.105. The first-order valence-corrected chi connectivity index (χ1v) is 15.4. The Morgan fingerprint density at radius 2 is 1.61 bits per heavy atom. The van der Waals surface area contributed by atoms with Gasteiger partial charge < -0.3 is 10.2 Å². The van der Waals surface area contributed by atoms with Crippen LogP contribution in [0.4, 0.5) is 18.9 Å². The van der Waals surface area contributed by atoms with Gasteiger partial charge in [-0.1, -0.05) is 64.5 Å². The molecule has 0 saturated heterocycles. The minimum absolute atomic E-state index is 0.0168.